The lowest BCUT2D eigenvalue weighted by atomic mass is 9.91. The number of rotatable bonds is 6. The Balaban J connectivity index is 2.31. The van der Waals surface area contributed by atoms with Crippen LogP contribution in [0.2, 0.25) is 10.0 Å². The second-order valence-electron chi connectivity index (χ2n) is 4.93. The summed E-state index contributed by atoms with van der Waals surface area (Å²) >= 11 is 12.5. The number of hydrogen-bond donors (Lipinski definition) is 1. The molecular weight excluding hydrogens is 308 g/mol. The van der Waals surface area contributed by atoms with Gasteiger partial charge in [-0.05, 0) is 42.3 Å². The fraction of sp³-hybridized carbons (Fsp3) is 0.294. The molecule has 0 amide bonds. The van der Waals surface area contributed by atoms with E-state index < -0.39 is 0 Å². The summed E-state index contributed by atoms with van der Waals surface area (Å²) in [5.41, 5.74) is 1.56. The highest BCUT2D eigenvalue weighted by atomic mass is 35.5. The van der Waals surface area contributed by atoms with Crippen LogP contribution in [0.25, 0.3) is 0 Å². The Hall–Kier alpha value is -1.09. The van der Waals surface area contributed by atoms with Gasteiger partial charge in [0.2, 0.25) is 0 Å². The molecule has 0 bridgehead atoms. The highest BCUT2D eigenvalue weighted by Gasteiger charge is 2.18. The maximum atomic E-state index is 14.1. The van der Waals surface area contributed by atoms with Gasteiger partial charge in [-0.1, -0.05) is 54.4 Å². The molecule has 0 aliphatic rings. The number of nitrogens with one attached hydrogen (secondary N) is 1. The smallest absolute Gasteiger partial charge is 0.126 e. The van der Waals surface area contributed by atoms with E-state index in [4.69, 9.17) is 23.2 Å². The monoisotopic (exact) mass is 325 g/mol. The maximum Gasteiger partial charge on any atom is 0.126 e. The predicted molar refractivity (Wildman–Crippen MR) is 87.9 cm³/mol. The van der Waals surface area contributed by atoms with Crippen LogP contribution in [0.1, 0.15) is 24.0 Å². The van der Waals surface area contributed by atoms with Crippen molar-refractivity contribution in [1.29, 1.82) is 0 Å². The Kier molecular flexibility index (Phi) is 6.04. The van der Waals surface area contributed by atoms with E-state index in [1.807, 2.05) is 37.3 Å². The summed E-state index contributed by atoms with van der Waals surface area (Å²) in [6, 6.07) is 12.3. The molecule has 1 N–H and O–H groups in total. The summed E-state index contributed by atoms with van der Waals surface area (Å²) < 4.78 is 14.1. The van der Waals surface area contributed by atoms with Gasteiger partial charge < -0.3 is 5.32 Å². The zero-order valence-corrected chi connectivity index (χ0v) is 13.4. The van der Waals surface area contributed by atoms with Crippen LogP contribution < -0.4 is 5.32 Å². The second-order valence-corrected chi connectivity index (χ2v) is 5.74. The third-order valence-electron chi connectivity index (χ3n) is 3.50. The van der Waals surface area contributed by atoms with Gasteiger partial charge in [-0.2, -0.15) is 0 Å². The number of benzene rings is 2. The van der Waals surface area contributed by atoms with Crippen molar-refractivity contribution in [3.63, 3.8) is 0 Å². The Bertz CT molecular complexity index is 581. The molecule has 2 aromatic rings. The normalized spacial score (nSPS) is 12.4. The highest BCUT2D eigenvalue weighted by Crippen LogP contribution is 2.31. The zero-order chi connectivity index (χ0) is 15.2. The van der Waals surface area contributed by atoms with E-state index in [0.717, 1.165) is 12.1 Å². The van der Waals surface area contributed by atoms with E-state index in [1.165, 1.54) is 6.07 Å². The molecule has 0 spiro atoms. The summed E-state index contributed by atoms with van der Waals surface area (Å²) in [4.78, 5) is 0. The van der Waals surface area contributed by atoms with E-state index in [1.54, 1.807) is 6.07 Å². The molecule has 0 heterocycles. The summed E-state index contributed by atoms with van der Waals surface area (Å²) in [6.45, 7) is 3.54. The Morgan fingerprint density at radius 2 is 1.71 bits per heavy atom. The van der Waals surface area contributed by atoms with Crippen molar-refractivity contribution in [2.45, 2.75) is 19.3 Å². The molecular formula is C17H18Cl2FN. The molecule has 0 aromatic heterocycles. The van der Waals surface area contributed by atoms with Gasteiger partial charge >= 0.3 is 0 Å². The van der Waals surface area contributed by atoms with Crippen molar-refractivity contribution in [3.05, 3.63) is 69.5 Å². The Morgan fingerprint density at radius 1 is 1.05 bits per heavy atom. The van der Waals surface area contributed by atoms with Crippen LogP contribution >= 0.6 is 23.2 Å². The molecule has 0 aliphatic carbocycles. The fourth-order valence-electron chi connectivity index (χ4n) is 2.39. The topological polar surface area (TPSA) is 12.0 Å². The number of hydrogen-bond acceptors (Lipinski definition) is 1. The first-order chi connectivity index (χ1) is 10.1. The average molecular weight is 326 g/mol. The van der Waals surface area contributed by atoms with Crippen molar-refractivity contribution in [2.75, 3.05) is 13.1 Å². The largest absolute Gasteiger partial charge is 0.316 e. The van der Waals surface area contributed by atoms with Gasteiger partial charge in [0, 0.05) is 22.5 Å². The van der Waals surface area contributed by atoms with Gasteiger partial charge in [-0.3, -0.25) is 0 Å². The second kappa shape index (κ2) is 7.79. The average Bonchev–Trinajstić information content (AvgIpc) is 2.47. The van der Waals surface area contributed by atoms with Crippen LogP contribution in [0.5, 0.6) is 0 Å². The summed E-state index contributed by atoms with van der Waals surface area (Å²) in [5.74, 6) is -0.202. The van der Waals surface area contributed by atoms with Crippen LogP contribution in [0.4, 0.5) is 4.39 Å². The lowest BCUT2D eigenvalue weighted by Crippen LogP contribution is -2.23. The molecule has 0 fully saturated rings. The number of likely N-dealkylation sites (N-methyl/N-ethyl adjacent to an activating group) is 1. The molecule has 2 rings (SSSR count). The van der Waals surface area contributed by atoms with E-state index in [9.17, 15) is 4.39 Å². The third-order valence-corrected chi connectivity index (χ3v) is 4.21. The van der Waals surface area contributed by atoms with E-state index >= 15 is 0 Å². The highest BCUT2D eigenvalue weighted by molar-refractivity contribution is 6.36. The van der Waals surface area contributed by atoms with E-state index in [-0.39, 0.29) is 11.7 Å². The zero-order valence-electron chi connectivity index (χ0n) is 11.9. The molecule has 1 unspecified atom stereocenters. The van der Waals surface area contributed by atoms with Crippen molar-refractivity contribution >= 4 is 23.2 Å². The predicted octanol–water partition coefficient (Wildman–Crippen LogP) is 5.07. The van der Waals surface area contributed by atoms with Gasteiger partial charge in [-0.15, -0.1) is 0 Å². The Morgan fingerprint density at radius 3 is 2.33 bits per heavy atom. The molecule has 112 valence electrons. The van der Waals surface area contributed by atoms with Crippen molar-refractivity contribution < 1.29 is 4.39 Å². The first kappa shape index (κ1) is 16.3. The van der Waals surface area contributed by atoms with Crippen molar-refractivity contribution in [1.82, 2.24) is 5.32 Å². The van der Waals surface area contributed by atoms with Crippen LogP contribution in [0.3, 0.4) is 0 Å². The van der Waals surface area contributed by atoms with Gasteiger partial charge in [0.1, 0.15) is 5.82 Å². The summed E-state index contributed by atoms with van der Waals surface area (Å²) in [5, 5.41) is 4.53. The SMILES string of the molecule is CCNCC(Cc1c(Cl)cccc1Cl)c1ccccc1F. The fourth-order valence-corrected chi connectivity index (χ4v) is 2.94. The van der Waals surface area contributed by atoms with Gasteiger partial charge in [-0.25, -0.2) is 4.39 Å². The molecule has 0 aliphatic heterocycles. The molecule has 21 heavy (non-hydrogen) atoms. The minimum atomic E-state index is -0.191. The van der Waals surface area contributed by atoms with Crippen molar-refractivity contribution in [3.8, 4) is 0 Å². The van der Waals surface area contributed by atoms with Gasteiger partial charge in [0.15, 0.2) is 0 Å². The Labute approximate surface area is 135 Å². The minimum Gasteiger partial charge on any atom is -0.316 e. The quantitative estimate of drug-likeness (QED) is 0.782. The van der Waals surface area contributed by atoms with Gasteiger partial charge in [0.25, 0.3) is 0 Å². The molecule has 2 aromatic carbocycles. The minimum absolute atomic E-state index is 0.0106. The molecule has 1 atom stereocenters. The van der Waals surface area contributed by atoms with Crippen molar-refractivity contribution in [2.24, 2.45) is 0 Å². The summed E-state index contributed by atoms with van der Waals surface area (Å²) in [6.07, 6.45) is 0.604. The summed E-state index contributed by atoms with van der Waals surface area (Å²) in [7, 11) is 0. The van der Waals surface area contributed by atoms with Crippen LogP contribution in [-0.4, -0.2) is 13.1 Å². The van der Waals surface area contributed by atoms with E-state index in [0.29, 0.717) is 28.6 Å². The first-order valence-electron chi connectivity index (χ1n) is 7.01. The van der Waals surface area contributed by atoms with E-state index in [2.05, 4.69) is 5.32 Å². The molecule has 0 saturated heterocycles. The number of halogens is 3. The first-order valence-corrected chi connectivity index (χ1v) is 7.77. The van der Waals surface area contributed by atoms with Crippen LogP contribution in [-0.2, 0) is 6.42 Å². The molecule has 0 saturated carbocycles. The molecule has 4 heteroatoms. The van der Waals surface area contributed by atoms with Gasteiger partial charge in [0.05, 0.1) is 0 Å². The lowest BCUT2D eigenvalue weighted by Gasteiger charge is -2.20. The maximum absolute atomic E-state index is 14.1. The third kappa shape index (κ3) is 4.19. The molecule has 0 radical (unpaired) electrons. The standard InChI is InChI=1S/C17H18Cl2FN/c1-2-21-11-12(13-6-3-4-9-17(13)20)10-14-15(18)7-5-8-16(14)19/h3-9,12,21H,2,10-11H2,1H3. The van der Waals surface area contributed by atoms with Crippen LogP contribution in [0.15, 0.2) is 42.5 Å². The lowest BCUT2D eigenvalue weighted by molar-refractivity contribution is 0.544. The van der Waals surface area contributed by atoms with Crippen LogP contribution in [0, 0.1) is 5.82 Å². The molecule has 1 nitrogen and oxygen atoms in total.